The summed E-state index contributed by atoms with van der Waals surface area (Å²) in [6, 6.07) is 7.80. The van der Waals surface area contributed by atoms with Crippen LogP contribution in [-0.4, -0.2) is 13.1 Å². The van der Waals surface area contributed by atoms with Gasteiger partial charge >= 0.3 is 5.97 Å². The highest BCUT2D eigenvalue weighted by molar-refractivity contribution is 5.73. The highest BCUT2D eigenvalue weighted by Gasteiger charge is 2.20. The molecule has 1 saturated carbocycles. The van der Waals surface area contributed by atoms with Gasteiger partial charge in [-0.15, -0.1) is 0 Å². The molecule has 0 radical (unpaired) electrons. The van der Waals surface area contributed by atoms with E-state index in [0.29, 0.717) is 18.1 Å². The van der Waals surface area contributed by atoms with Gasteiger partial charge in [-0.2, -0.15) is 0 Å². The smallest absolute Gasteiger partial charge is 0.311 e. The van der Waals surface area contributed by atoms with Gasteiger partial charge in [0.2, 0.25) is 0 Å². The van der Waals surface area contributed by atoms with Gasteiger partial charge in [-0.1, -0.05) is 63.3 Å². The van der Waals surface area contributed by atoms with Crippen LogP contribution in [0.1, 0.15) is 63.9 Å². The van der Waals surface area contributed by atoms with Crippen molar-refractivity contribution in [1.82, 2.24) is 0 Å². The summed E-state index contributed by atoms with van der Waals surface area (Å²) >= 11 is 0. The van der Waals surface area contributed by atoms with Gasteiger partial charge in [-0.25, -0.2) is 0 Å². The molecule has 0 N–H and O–H groups in total. The van der Waals surface area contributed by atoms with E-state index in [1.807, 2.05) is 36.4 Å². The zero-order chi connectivity index (χ0) is 19.8. The van der Waals surface area contributed by atoms with Gasteiger partial charge in [0.15, 0.2) is 0 Å². The number of carbonyl (C=O) groups is 1. The Morgan fingerprint density at radius 1 is 1.04 bits per heavy atom. The maximum Gasteiger partial charge on any atom is 0.311 e. The van der Waals surface area contributed by atoms with E-state index < -0.39 is 0 Å². The van der Waals surface area contributed by atoms with Crippen molar-refractivity contribution in [2.24, 2.45) is 11.8 Å². The lowest BCUT2D eigenvalue weighted by molar-refractivity contribution is -0.134. The third kappa shape index (κ3) is 5.85. The van der Waals surface area contributed by atoms with E-state index in [-0.39, 0.29) is 5.97 Å². The highest BCUT2D eigenvalue weighted by Crippen LogP contribution is 2.33. The van der Waals surface area contributed by atoms with E-state index in [1.165, 1.54) is 37.7 Å². The third-order valence-electron chi connectivity index (χ3n) is 6.06. The SMILES string of the molecule is CCC1CCC(CCC(=O)Oc2ccc(C3=CC=C(OC)C=CC3)cc2)CC1. The molecule has 3 nitrogen and oxygen atoms in total. The number of esters is 1. The molecule has 0 amide bonds. The molecule has 28 heavy (non-hydrogen) atoms. The molecule has 0 bridgehead atoms. The highest BCUT2D eigenvalue weighted by atomic mass is 16.5. The molecule has 1 fully saturated rings. The lowest BCUT2D eigenvalue weighted by Gasteiger charge is -2.27. The Kier molecular flexibility index (Phi) is 7.53. The first-order valence-corrected chi connectivity index (χ1v) is 10.6. The number of allylic oxidation sites excluding steroid dienone is 5. The first-order chi connectivity index (χ1) is 13.7. The summed E-state index contributed by atoms with van der Waals surface area (Å²) in [5, 5.41) is 0. The molecule has 3 rings (SSSR count). The fourth-order valence-corrected chi connectivity index (χ4v) is 4.13. The monoisotopic (exact) mass is 380 g/mol. The number of benzene rings is 1. The molecule has 1 aromatic rings. The summed E-state index contributed by atoms with van der Waals surface area (Å²) in [5.41, 5.74) is 2.34. The second-order valence-electron chi connectivity index (χ2n) is 7.90. The molecule has 0 atom stereocenters. The topological polar surface area (TPSA) is 35.5 Å². The van der Waals surface area contributed by atoms with Crippen molar-refractivity contribution in [3.63, 3.8) is 0 Å². The number of ether oxygens (including phenoxy) is 2. The molecule has 2 aliphatic carbocycles. The van der Waals surface area contributed by atoms with E-state index in [0.717, 1.165) is 30.1 Å². The fourth-order valence-electron chi connectivity index (χ4n) is 4.13. The Balaban J connectivity index is 1.48. The molecule has 0 aliphatic heterocycles. The molecular formula is C25H32O3. The molecule has 1 aromatic carbocycles. The summed E-state index contributed by atoms with van der Waals surface area (Å²) in [6.07, 6.45) is 16.9. The van der Waals surface area contributed by atoms with Crippen LogP contribution in [0, 0.1) is 11.8 Å². The molecule has 0 unspecified atom stereocenters. The van der Waals surface area contributed by atoms with Crippen molar-refractivity contribution in [2.45, 2.75) is 58.3 Å². The molecule has 3 heteroatoms. The number of rotatable bonds is 7. The van der Waals surface area contributed by atoms with E-state index in [9.17, 15) is 4.79 Å². The van der Waals surface area contributed by atoms with Crippen LogP contribution in [0.5, 0.6) is 5.75 Å². The standard InChI is InChI=1S/C25H32O3/c1-3-19-7-9-20(10-8-19)11-18-25(26)28-24-16-13-22(14-17-24)21-5-4-6-23(27-2)15-12-21/h4,6,12-17,19-20H,3,5,7-11,18H2,1-2H3. The van der Waals surface area contributed by atoms with Crippen molar-refractivity contribution in [2.75, 3.05) is 7.11 Å². The molecule has 0 spiro atoms. The van der Waals surface area contributed by atoms with Crippen molar-refractivity contribution in [1.29, 1.82) is 0 Å². The zero-order valence-corrected chi connectivity index (χ0v) is 17.2. The van der Waals surface area contributed by atoms with Gasteiger partial charge in [0.05, 0.1) is 7.11 Å². The maximum atomic E-state index is 12.2. The zero-order valence-electron chi connectivity index (χ0n) is 17.2. The van der Waals surface area contributed by atoms with Crippen molar-refractivity contribution >= 4 is 11.5 Å². The second kappa shape index (κ2) is 10.3. The Hall–Kier alpha value is -2.29. The number of carbonyl (C=O) groups excluding carboxylic acids is 1. The number of hydrogen-bond acceptors (Lipinski definition) is 3. The summed E-state index contributed by atoms with van der Waals surface area (Å²) in [4.78, 5) is 12.2. The van der Waals surface area contributed by atoms with E-state index >= 15 is 0 Å². The first kappa shape index (κ1) is 20.4. The minimum atomic E-state index is -0.116. The van der Waals surface area contributed by atoms with Crippen molar-refractivity contribution in [3.05, 3.63) is 59.9 Å². The Morgan fingerprint density at radius 2 is 1.75 bits per heavy atom. The molecular weight excluding hydrogens is 348 g/mol. The van der Waals surface area contributed by atoms with Gasteiger partial charge in [-0.3, -0.25) is 4.79 Å². The summed E-state index contributed by atoms with van der Waals surface area (Å²) in [5.74, 6) is 2.95. The van der Waals surface area contributed by atoms with Crippen LogP contribution in [0.4, 0.5) is 0 Å². The Bertz CT molecular complexity index is 732. The number of hydrogen-bond donors (Lipinski definition) is 0. The summed E-state index contributed by atoms with van der Waals surface area (Å²) in [7, 11) is 1.67. The molecule has 0 saturated heterocycles. The quantitative estimate of drug-likeness (QED) is 0.402. The maximum absolute atomic E-state index is 12.2. The summed E-state index contributed by atoms with van der Waals surface area (Å²) < 4.78 is 10.8. The number of methoxy groups -OCH3 is 1. The van der Waals surface area contributed by atoms with Crippen molar-refractivity contribution in [3.8, 4) is 5.75 Å². The lowest BCUT2D eigenvalue weighted by Crippen LogP contribution is -2.16. The Morgan fingerprint density at radius 3 is 2.43 bits per heavy atom. The molecule has 150 valence electrons. The van der Waals surface area contributed by atoms with Crippen LogP contribution in [-0.2, 0) is 9.53 Å². The minimum absolute atomic E-state index is 0.116. The average molecular weight is 381 g/mol. The Labute approximate surface area is 169 Å². The molecule has 0 aromatic heterocycles. The van der Waals surface area contributed by atoms with Crippen LogP contribution in [0.2, 0.25) is 0 Å². The largest absolute Gasteiger partial charge is 0.497 e. The van der Waals surface area contributed by atoms with Crippen LogP contribution >= 0.6 is 0 Å². The third-order valence-corrected chi connectivity index (χ3v) is 6.06. The van der Waals surface area contributed by atoms with Gasteiger partial charge in [0.25, 0.3) is 0 Å². The first-order valence-electron chi connectivity index (χ1n) is 10.6. The molecule has 0 heterocycles. The van der Waals surface area contributed by atoms with E-state index in [1.54, 1.807) is 7.11 Å². The van der Waals surface area contributed by atoms with Crippen LogP contribution in [0.3, 0.4) is 0 Å². The van der Waals surface area contributed by atoms with E-state index in [2.05, 4.69) is 19.1 Å². The van der Waals surface area contributed by atoms with Gasteiger partial charge in [0, 0.05) is 6.42 Å². The van der Waals surface area contributed by atoms with E-state index in [4.69, 9.17) is 9.47 Å². The van der Waals surface area contributed by atoms with Crippen molar-refractivity contribution < 1.29 is 14.3 Å². The lowest BCUT2D eigenvalue weighted by atomic mass is 9.79. The summed E-state index contributed by atoms with van der Waals surface area (Å²) in [6.45, 7) is 2.28. The fraction of sp³-hybridized carbons (Fsp3) is 0.480. The van der Waals surface area contributed by atoms with Crippen LogP contribution in [0.15, 0.2) is 54.3 Å². The van der Waals surface area contributed by atoms with Crippen LogP contribution in [0.25, 0.3) is 5.57 Å². The predicted molar refractivity (Wildman–Crippen MR) is 114 cm³/mol. The minimum Gasteiger partial charge on any atom is -0.497 e. The van der Waals surface area contributed by atoms with Gasteiger partial charge < -0.3 is 9.47 Å². The van der Waals surface area contributed by atoms with Crippen LogP contribution < -0.4 is 4.74 Å². The second-order valence-corrected chi connectivity index (χ2v) is 7.90. The van der Waals surface area contributed by atoms with Gasteiger partial charge in [-0.05, 0) is 60.1 Å². The normalized spacial score (nSPS) is 22.1. The predicted octanol–water partition coefficient (Wildman–Crippen LogP) is 6.46. The van der Waals surface area contributed by atoms with Gasteiger partial charge in [0.1, 0.15) is 11.5 Å². The molecule has 2 aliphatic rings. The average Bonchev–Trinajstić information content (AvgIpc) is 2.99.